The fraction of sp³-hybridized carbons (Fsp3) is 0.556. The van der Waals surface area contributed by atoms with Gasteiger partial charge in [0.2, 0.25) is 5.88 Å². The van der Waals surface area contributed by atoms with E-state index < -0.39 is 41.4 Å². The first kappa shape index (κ1) is 27.2. The van der Waals surface area contributed by atoms with Gasteiger partial charge in [0, 0.05) is 30.3 Å². The Morgan fingerprint density at radius 3 is 2.41 bits per heavy atom. The fourth-order valence-corrected chi connectivity index (χ4v) is 5.52. The summed E-state index contributed by atoms with van der Waals surface area (Å²) in [7, 11) is 0. The van der Waals surface area contributed by atoms with Gasteiger partial charge in [0.25, 0.3) is 0 Å². The number of anilines is 1. The zero-order valence-electron chi connectivity index (χ0n) is 20.7. The zero-order chi connectivity index (χ0) is 26.7. The largest absolute Gasteiger partial charge is 0.478 e. The van der Waals surface area contributed by atoms with Crippen molar-refractivity contribution >= 4 is 11.7 Å². The maximum atomic E-state index is 15.4. The second-order valence-electron chi connectivity index (χ2n) is 10.2. The molecule has 4 rings (SSSR count). The molecule has 1 heterocycles. The van der Waals surface area contributed by atoms with Crippen LogP contribution in [0, 0.1) is 17.7 Å². The van der Waals surface area contributed by atoms with Crippen LogP contribution in [-0.4, -0.2) is 33.4 Å². The average Bonchev–Trinajstić information content (AvgIpc) is 2.86. The molecule has 2 aliphatic rings. The van der Waals surface area contributed by atoms with Gasteiger partial charge in [-0.1, -0.05) is 39.0 Å². The van der Waals surface area contributed by atoms with E-state index >= 15 is 4.39 Å². The Morgan fingerprint density at radius 1 is 1.11 bits per heavy atom. The van der Waals surface area contributed by atoms with Crippen LogP contribution in [0.4, 0.5) is 23.2 Å². The highest BCUT2D eigenvalue weighted by molar-refractivity contribution is 5.95. The Bertz CT molecular complexity index is 1100. The quantitative estimate of drug-likeness (QED) is 0.299. The molecule has 0 amide bonds. The number of hydrogen-bond acceptors (Lipinski definition) is 5. The van der Waals surface area contributed by atoms with E-state index in [0.717, 1.165) is 88.2 Å². The third kappa shape index (κ3) is 6.17. The molecule has 1 unspecified atom stereocenters. The molecule has 0 bridgehead atoms. The summed E-state index contributed by atoms with van der Waals surface area (Å²) in [4.78, 5) is 17.5. The lowest BCUT2D eigenvalue weighted by atomic mass is 9.81. The van der Waals surface area contributed by atoms with Gasteiger partial charge >= 0.3 is 12.1 Å². The standard InChI is InChI=1S/C27H32F4N2O4/c1-16-9-11-17(12-10-16)25(34)33(18-6-3-2-4-7-18)22-15-21(28)23(14-19(22)26(35)36)37-24-20(27(29,30)31)8-5-13-32-24/h5,8,13-18,25,34H,2-4,6-7,9-12H2,1H3,(H,35,36). The number of carboxylic acid groups (broad SMARTS) is 1. The first-order chi connectivity index (χ1) is 17.6. The predicted molar refractivity (Wildman–Crippen MR) is 129 cm³/mol. The maximum Gasteiger partial charge on any atom is 0.421 e. The molecule has 0 aliphatic heterocycles. The Morgan fingerprint density at radius 2 is 1.78 bits per heavy atom. The minimum atomic E-state index is -4.80. The molecule has 0 radical (unpaired) electrons. The van der Waals surface area contributed by atoms with Crippen LogP contribution in [0.3, 0.4) is 0 Å². The number of carboxylic acids is 1. The predicted octanol–water partition coefficient (Wildman–Crippen LogP) is 7.01. The molecule has 2 fully saturated rings. The highest BCUT2D eigenvalue weighted by atomic mass is 19.4. The number of halogens is 4. The van der Waals surface area contributed by atoms with Crippen molar-refractivity contribution in [2.45, 2.75) is 83.2 Å². The van der Waals surface area contributed by atoms with E-state index in [4.69, 9.17) is 4.74 Å². The van der Waals surface area contributed by atoms with E-state index in [9.17, 15) is 28.2 Å². The van der Waals surface area contributed by atoms with Gasteiger partial charge in [-0.2, -0.15) is 13.2 Å². The normalized spacial score (nSPS) is 21.9. The first-order valence-electron chi connectivity index (χ1n) is 12.8. The SMILES string of the molecule is CC1CCC(C(O)N(c2cc(F)c(Oc3ncccc3C(F)(F)F)cc2C(=O)O)C2CCCCC2)CC1. The van der Waals surface area contributed by atoms with Crippen molar-refractivity contribution in [2.75, 3.05) is 4.90 Å². The van der Waals surface area contributed by atoms with Gasteiger partial charge in [-0.15, -0.1) is 0 Å². The monoisotopic (exact) mass is 524 g/mol. The maximum absolute atomic E-state index is 15.4. The van der Waals surface area contributed by atoms with Crippen molar-refractivity contribution in [1.82, 2.24) is 4.98 Å². The second-order valence-corrected chi connectivity index (χ2v) is 10.2. The number of hydrogen-bond donors (Lipinski definition) is 2. The number of aromatic carboxylic acids is 1. The Kier molecular flexibility index (Phi) is 8.26. The number of aromatic nitrogens is 1. The van der Waals surface area contributed by atoms with Gasteiger partial charge < -0.3 is 19.8 Å². The van der Waals surface area contributed by atoms with Crippen LogP contribution in [0.5, 0.6) is 11.6 Å². The summed E-state index contributed by atoms with van der Waals surface area (Å²) >= 11 is 0. The summed E-state index contributed by atoms with van der Waals surface area (Å²) in [5.74, 6) is -3.55. The zero-order valence-corrected chi connectivity index (χ0v) is 20.7. The molecule has 2 saturated carbocycles. The van der Waals surface area contributed by atoms with Crippen LogP contribution in [0.1, 0.15) is 80.6 Å². The minimum Gasteiger partial charge on any atom is -0.478 e. The Hall–Kier alpha value is -2.88. The number of aliphatic hydroxyl groups is 1. The molecule has 2 aliphatic carbocycles. The van der Waals surface area contributed by atoms with Crippen LogP contribution < -0.4 is 9.64 Å². The molecule has 2 N–H and O–H groups in total. The molecule has 0 spiro atoms. The smallest absolute Gasteiger partial charge is 0.421 e. The van der Waals surface area contributed by atoms with Crippen LogP contribution in [-0.2, 0) is 6.18 Å². The van der Waals surface area contributed by atoms with Crippen molar-refractivity contribution in [2.24, 2.45) is 11.8 Å². The number of benzene rings is 1. The summed E-state index contributed by atoms with van der Waals surface area (Å²) < 4.78 is 60.7. The molecule has 1 aromatic heterocycles. The average molecular weight is 525 g/mol. The van der Waals surface area contributed by atoms with E-state index in [-0.39, 0.29) is 23.2 Å². The number of aliphatic hydroxyl groups excluding tert-OH is 1. The van der Waals surface area contributed by atoms with Crippen molar-refractivity contribution in [1.29, 1.82) is 0 Å². The number of ether oxygens (including phenoxy) is 1. The third-order valence-corrected chi connectivity index (χ3v) is 7.58. The van der Waals surface area contributed by atoms with Crippen LogP contribution in [0.25, 0.3) is 0 Å². The van der Waals surface area contributed by atoms with Gasteiger partial charge in [-0.05, 0) is 43.7 Å². The Labute approximate surface area is 213 Å². The van der Waals surface area contributed by atoms with Gasteiger partial charge in [0.15, 0.2) is 11.6 Å². The van der Waals surface area contributed by atoms with E-state index in [1.807, 2.05) is 0 Å². The number of rotatable bonds is 7. The van der Waals surface area contributed by atoms with Gasteiger partial charge in [-0.25, -0.2) is 14.2 Å². The topological polar surface area (TPSA) is 82.9 Å². The highest BCUT2D eigenvalue weighted by Gasteiger charge is 2.38. The lowest BCUT2D eigenvalue weighted by molar-refractivity contribution is -0.138. The van der Waals surface area contributed by atoms with E-state index in [1.165, 1.54) is 0 Å². The molecular formula is C27H32F4N2O4. The number of carbonyl (C=O) groups is 1. The summed E-state index contributed by atoms with van der Waals surface area (Å²) in [6.07, 6.45) is 2.99. The van der Waals surface area contributed by atoms with Crippen LogP contribution >= 0.6 is 0 Å². The van der Waals surface area contributed by atoms with Gasteiger partial charge in [0.05, 0.1) is 11.3 Å². The molecule has 2 aromatic rings. The van der Waals surface area contributed by atoms with Crippen molar-refractivity contribution < 1.29 is 37.3 Å². The van der Waals surface area contributed by atoms with Crippen molar-refractivity contribution in [3.05, 3.63) is 47.4 Å². The molecule has 1 atom stereocenters. The summed E-state index contributed by atoms with van der Waals surface area (Å²) in [6, 6.07) is 3.48. The summed E-state index contributed by atoms with van der Waals surface area (Å²) in [6.45, 7) is 2.16. The molecule has 10 heteroatoms. The molecular weight excluding hydrogens is 492 g/mol. The molecule has 6 nitrogen and oxygen atoms in total. The third-order valence-electron chi connectivity index (χ3n) is 7.58. The second kappa shape index (κ2) is 11.2. The lowest BCUT2D eigenvalue weighted by Gasteiger charge is -2.44. The molecule has 1 aromatic carbocycles. The van der Waals surface area contributed by atoms with Gasteiger partial charge in [0.1, 0.15) is 11.8 Å². The van der Waals surface area contributed by atoms with Crippen LogP contribution in [0.2, 0.25) is 0 Å². The van der Waals surface area contributed by atoms with E-state index in [2.05, 4.69) is 11.9 Å². The number of nitrogens with zero attached hydrogens (tertiary/aromatic N) is 2. The first-order valence-corrected chi connectivity index (χ1v) is 12.8. The molecule has 37 heavy (non-hydrogen) atoms. The number of pyridine rings is 1. The Balaban J connectivity index is 1.74. The van der Waals surface area contributed by atoms with Gasteiger partial charge in [-0.3, -0.25) is 0 Å². The summed E-state index contributed by atoms with van der Waals surface area (Å²) in [5, 5.41) is 21.5. The van der Waals surface area contributed by atoms with Crippen molar-refractivity contribution in [3.63, 3.8) is 0 Å². The molecule has 0 saturated heterocycles. The molecule has 202 valence electrons. The lowest BCUT2D eigenvalue weighted by Crippen LogP contribution is -2.49. The van der Waals surface area contributed by atoms with E-state index in [1.54, 1.807) is 4.90 Å². The van der Waals surface area contributed by atoms with E-state index in [0.29, 0.717) is 5.92 Å². The summed E-state index contributed by atoms with van der Waals surface area (Å²) in [5.41, 5.74) is -1.55. The van der Waals surface area contributed by atoms with Crippen LogP contribution in [0.15, 0.2) is 30.5 Å². The fourth-order valence-electron chi connectivity index (χ4n) is 5.52. The van der Waals surface area contributed by atoms with Crippen molar-refractivity contribution in [3.8, 4) is 11.6 Å². The highest BCUT2D eigenvalue weighted by Crippen LogP contribution is 2.41. The minimum absolute atomic E-state index is 0.00689. The number of alkyl halides is 3.